The first kappa shape index (κ1) is 20.2. The first-order chi connectivity index (χ1) is 14.2. The zero-order valence-corrected chi connectivity index (χ0v) is 16.0. The van der Waals surface area contributed by atoms with Gasteiger partial charge in [-0.1, -0.05) is 0 Å². The third kappa shape index (κ3) is 4.39. The Hall–Kier alpha value is -3.10. The maximum absolute atomic E-state index is 13.6. The summed E-state index contributed by atoms with van der Waals surface area (Å²) in [5, 5.41) is 3.66. The van der Waals surface area contributed by atoms with Gasteiger partial charge >= 0.3 is 6.18 Å². The molecule has 30 heavy (non-hydrogen) atoms. The van der Waals surface area contributed by atoms with Gasteiger partial charge in [-0.3, -0.25) is 9.78 Å². The van der Waals surface area contributed by atoms with Gasteiger partial charge in [0.2, 0.25) is 5.91 Å². The molecule has 3 aromatic rings. The first-order valence-electron chi connectivity index (χ1n) is 9.43. The molecular formula is C21H19F4N3O2. The van der Waals surface area contributed by atoms with Crippen LogP contribution >= 0.6 is 0 Å². The standard InChI is InChI=1S/C21H19F4N3O2/c1-11(18-5-3-13(8-26-18)30-10-21(23,24)25)28-20(29)16-7-14(16)17-9-27-19-4-2-12(22)6-15(17)19/h2-6,8-9,11,14,16,27H,7,10H2,1H3,(H,28,29)/t11-,14-,16-/m1/s1. The Bertz CT molecular complexity index is 1060. The number of ether oxygens (including phenoxy) is 1. The van der Waals surface area contributed by atoms with Crippen molar-refractivity contribution in [1.29, 1.82) is 0 Å². The molecule has 1 aliphatic rings. The minimum absolute atomic E-state index is 0.00317. The second-order valence-corrected chi connectivity index (χ2v) is 7.44. The Balaban J connectivity index is 1.35. The number of rotatable bonds is 6. The lowest BCUT2D eigenvalue weighted by Crippen LogP contribution is -2.29. The average molecular weight is 421 g/mol. The molecule has 0 bridgehead atoms. The molecule has 2 aromatic heterocycles. The van der Waals surface area contributed by atoms with E-state index in [4.69, 9.17) is 0 Å². The summed E-state index contributed by atoms with van der Waals surface area (Å²) in [5.41, 5.74) is 2.25. The van der Waals surface area contributed by atoms with Crippen molar-refractivity contribution in [2.45, 2.75) is 31.5 Å². The number of aromatic amines is 1. The van der Waals surface area contributed by atoms with Gasteiger partial charge in [-0.2, -0.15) is 13.2 Å². The number of pyridine rings is 1. The molecule has 1 aliphatic carbocycles. The number of carbonyl (C=O) groups excluding carboxylic acids is 1. The molecule has 3 atom stereocenters. The summed E-state index contributed by atoms with van der Waals surface area (Å²) in [4.78, 5) is 19.8. The van der Waals surface area contributed by atoms with Gasteiger partial charge in [0.25, 0.3) is 0 Å². The van der Waals surface area contributed by atoms with Crippen molar-refractivity contribution in [1.82, 2.24) is 15.3 Å². The number of nitrogens with one attached hydrogen (secondary N) is 2. The number of amides is 1. The molecule has 0 aliphatic heterocycles. The molecule has 4 rings (SSSR count). The van der Waals surface area contributed by atoms with Crippen molar-refractivity contribution in [3.63, 3.8) is 0 Å². The lowest BCUT2D eigenvalue weighted by atomic mass is 10.1. The highest BCUT2D eigenvalue weighted by Gasteiger charge is 2.45. The number of H-pyrrole nitrogens is 1. The summed E-state index contributed by atoms with van der Waals surface area (Å²) >= 11 is 0. The van der Waals surface area contributed by atoms with E-state index >= 15 is 0 Å². The van der Waals surface area contributed by atoms with Gasteiger partial charge in [0.1, 0.15) is 11.6 Å². The largest absolute Gasteiger partial charge is 0.483 e. The number of alkyl halides is 3. The first-order valence-corrected chi connectivity index (χ1v) is 9.43. The Morgan fingerprint density at radius 2 is 2.13 bits per heavy atom. The van der Waals surface area contributed by atoms with Crippen LogP contribution < -0.4 is 10.1 Å². The molecule has 0 saturated heterocycles. The summed E-state index contributed by atoms with van der Waals surface area (Å²) in [7, 11) is 0. The van der Waals surface area contributed by atoms with Gasteiger partial charge < -0.3 is 15.0 Å². The number of halogens is 4. The zero-order valence-electron chi connectivity index (χ0n) is 16.0. The third-order valence-corrected chi connectivity index (χ3v) is 5.17. The highest BCUT2D eigenvalue weighted by atomic mass is 19.4. The van der Waals surface area contributed by atoms with Crippen molar-refractivity contribution in [3.05, 3.63) is 59.8 Å². The van der Waals surface area contributed by atoms with Gasteiger partial charge in [0.15, 0.2) is 6.61 Å². The lowest BCUT2D eigenvalue weighted by molar-refractivity contribution is -0.153. The lowest BCUT2D eigenvalue weighted by Gasteiger charge is -2.14. The Kier molecular flexibility index (Phi) is 5.13. The number of hydrogen-bond donors (Lipinski definition) is 2. The Morgan fingerprint density at radius 3 is 2.83 bits per heavy atom. The molecule has 9 heteroatoms. The van der Waals surface area contributed by atoms with Crippen LogP contribution in [0.2, 0.25) is 0 Å². The normalized spacial score (nSPS) is 19.5. The van der Waals surface area contributed by atoms with E-state index in [2.05, 4.69) is 20.0 Å². The fourth-order valence-electron chi connectivity index (χ4n) is 3.54. The highest BCUT2D eigenvalue weighted by molar-refractivity contribution is 5.88. The van der Waals surface area contributed by atoms with Gasteiger partial charge in [-0.05, 0) is 55.2 Å². The number of benzene rings is 1. The van der Waals surface area contributed by atoms with Crippen molar-refractivity contribution < 1.29 is 27.1 Å². The van der Waals surface area contributed by atoms with E-state index in [9.17, 15) is 22.4 Å². The summed E-state index contributed by atoms with van der Waals surface area (Å²) in [6.45, 7) is 0.357. The predicted octanol–water partition coefficient (Wildman–Crippen LogP) is 4.62. The predicted molar refractivity (Wildman–Crippen MR) is 101 cm³/mol. The smallest absolute Gasteiger partial charge is 0.422 e. The maximum Gasteiger partial charge on any atom is 0.422 e. The fraction of sp³-hybridized carbons (Fsp3) is 0.333. The number of carbonyl (C=O) groups is 1. The van der Waals surface area contributed by atoms with E-state index in [-0.39, 0.29) is 29.3 Å². The molecule has 2 N–H and O–H groups in total. The van der Waals surface area contributed by atoms with Crippen molar-refractivity contribution in [2.24, 2.45) is 5.92 Å². The van der Waals surface area contributed by atoms with Crippen LogP contribution in [0.1, 0.15) is 36.6 Å². The van der Waals surface area contributed by atoms with E-state index < -0.39 is 18.8 Å². The number of nitrogens with zero attached hydrogens (tertiary/aromatic N) is 1. The van der Waals surface area contributed by atoms with Crippen LogP contribution in [0.15, 0.2) is 42.7 Å². The number of fused-ring (bicyclic) bond motifs is 1. The van der Waals surface area contributed by atoms with E-state index in [1.807, 2.05) is 6.20 Å². The highest BCUT2D eigenvalue weighted by Crippen LogP contribution is 2.49. The maximum atomic E-state index is 13.6. The van der Waals surface area contributed by atoms with Crippen molar-refractivity contribution in [3.8, 4) is 5.75 Å². The molecule has 1 fully saturated rings. The second-order valence-electron chi connectivity index (χ2n) is 7.44. The van der Waals surface area contributed by atoms with Crippen molar-refractivity contribution in [2.75, 3.05) is 6.61 Å². The molecule has 0 spiro atoms. The second kappa shape index (κ2) is 7.62. The summed E-state index contributed by atoms with van der Waals surface area (Å²) in [5.74, 6) is -0.670. The van der Waals surface area contributed by atoms with Gasteiger partial charge in [0.05, 0.1) is 17.9 Å². The van der Waals surface area contributed by atoms with Crippen molar-refractivity contribution >= 4 is 16.8 Å². The van der Waals surface area contributed by atoms with Crippen LogP contribution in [0, 0.1) is 11.7 Å². The number of aromatic nitrogens is 2. The Morgan fingerprint density at radius 1 is 1.33 bits per heavy atom. The van der Waals surface area contributed by atoms with E-state index in [0.717, 1.165) is 16.5 Å². The third-order valence-electron chi connectivity index (χ3n) is 5.17. The molecule has 1 saturated carbocycles. The summed E-state index contributed by atoms with van der Waals surface area (Å²) in [6.07, 6.45) is -0.742. The average Bonchev–Trinajstić information content (AvgIpc) is 3.39. The van der Waals surface area contributed by atoms with Gasteiger partial charge in [0, 0.05) is 23.0 Å². The molecule has 1 aromatic carbocycles. The molecule has 2 heterocycles. The molecular weight excluding hydrogens is 402 g/mol. The topological polar surface area (TPSA) is 67.0 Å². The van der Waals surface area contributed by atoms with E-state index in [0.29, 0.717) is 12.1 Å². The minimum atomic E-state index is -4.42. The van der Waals surface area contributed by atoms with Crippen LogP contribution in [-0.2, 0) is 4.79 Å². The van der Waals surface area contributed by atoms with Gasteiger partial charge in [-0.25, -0.2) is 4.39 Å². The van der Waals surface area contributed by atoms with Crippen LogP contribution in [0.3, 0.4) is 0 Å². The van der Waals surface area contributed by atoms with Crippen LogP contribution in [0.25, 0.3) is 10.9 Å². The number of hydrogen-bond acceptors (Lipinski definition) is 3. The van der Waals surface area contributed by atoms with Crippen LogP contribution in [0.4, 0.5) is 17.6 Å². The monoisotopic (exact) mass is 421 g/mol. The molecule has 0 radical (unpaired) electrons. The molecule has 0 unspecified atom stereocenters. The summed E-state index contributed by atoms with van der Waals surface area (Å²) < 4.78 is 54.8. The van der Waals surface area contributed by atoms with Gasteiger partial charge in [-0.15, -0.1) is 0 Å². The van der Waals surface area contributed by atoms with Crippen LogP contribution in [-0.4, -0.2) is 28.7 Å². The quantitative estimate of drug-likeness (QED) is 0.571. The minimum Gasteiger partial charge on any atom is -0.483 e. The van der Waals surface area contributed by atoms with E-state index in [1.165, 1.54) is 30.5 Å². The van der Waals surface area contributed by atoms with E-state index in [1.54, 1.807) is 13.0 Å². The Labute approximate surface area is 169 Å². The molecule has 5 nitrogen and oxygen atoms in total. The zero-order chi connectivity index (χ0) is 21.5. The molecule has 1 amide bonds. The SMILES string of the molecule is C[C@@H](NC(=O)[C@@H]1C[C@H]1c1c[nH]c2ccc(F)cc12)c1ccc(OCC(F)(F)F)cn1. The summed E-state index contributed by atoms with van der Waals surface area (Å²) in [6, 6.07) is 7.00. The van der Waals surface area contributed by atoms with Crippen LogP contribution in [0.5, 0.6) is 5.75 Å². The molecule has 158 valence electrons. The fourth-order valence-corrected chi connectivity index (χ4v) is 3.54.